The summed E-state index contributed by atoms with van der Waals surface area (Å²) >= 11 is 0. The van der Waals surface area contributed by atoms with Gasteiger partial charge >= 0.3 is 0 Å². The van der Waals surface area contributed by atoms with Crippen molar-refractivity contribution < 1.29 is 4.79 Å². The Kier molecular flexibility index (Phi) is 5.26. The lowest BCUT2D eigenvalue weighted by Gasteiger charge is -2.22. The number of carbonyl (C=O) groups is 1. The maximum absolute atomic E-state index is 12.2. The van der Waals surface area contributed by atoms with E-state index >= 15 is 0 Å². The number of hydrogen-bond acceptors (Lipinski definition) is 2. The molecule has 1 N–H and O–H groups in total. The van der Waals surface area contributed by atoms with Crippen LogP contribution in [0.25, 0.3) is 0 Å². The number of amides is 1. The first-order valence-electron chi connectivity index (χ1n) is 6.72. The van der Waals surface area contributed by atoms with Gasteiger partial charge in [0, 0.05) is 6.54 Å². The molecule has 3 heteroatoms. The summed E-state index contributed by atoms with van der Waals surface area (Å²) in [5, 5.41) is 3.48. The van der Waals surface area contributed by atoms with Gasteiger partial charge in [0.25, 0.3) is 0 Å². The molecule has 1 fully saturated rings. The SMILES string of the molecule is CCCCN1C(=O)C(C(C)CC)NC1CC. The minimum absolute atomic E-state index is 0.0480. The standard InChI is InChI=1S/C13H26N2O/c1-5-8-9-15-11(7-3)14-12(13(15)16)10(4)6-2/h10-12,14H,5-9H2,1-4H3. The van der Waals surface area contributed by atoms with Crippen molar-refractivity contribution in [2.24, 2.45) is 5.92 Å². The molecule has 1 heterocycles. The van der Waals surface area contributed by atoms with Crippen molar-refractivity contribution in [1.29, 1.82) is 0 Å². The van der Waals surface area contributed by atoms with Gasteiger partial charge in [-0.05, 0) is 18.8 Å². The van der Waals surface area contributed by atoms with Crippen LogP contribution in [0.2, 0.25) is 0 Å². The van der Waals surface area contributed by atoms with E-state index in [9.17, 15) is 4.79 Å². The zero-order chi connectivity index (χ0) is 12.1. The van der Waals surface area contributed by atoms with Crippen LogP contribution in [0.1, 0.15) is 53.4 Å². The third kappa shape index (κ3) is 2.76. The molecule has 0 radical (unpaired) electrons. The average Bonchev–Trinajstić information content (AvgIpc) is 2.62. The Morgan fingerprint density at radius 1 is 1.38 bits per heavy atom. The van der Waals surface area contributed by atoms with E-state index in [1.807, 2.05) is 4.90 Å². The van der Waals surface area contributed by atoms with E-state index in [0.717, 1.165) is 32.2 Å². The second kappa shape index (κ2) is 6.24. The highest BCUT2D eigenvalue weighted by atomic mass is 16.2. The highest BCUT2D eigenvalue weighted by Crippen LogP contribution is 2.21. The lowest BCUT2D eigenvalue weighted by Crippen LogP contribution is -2.37. The molecule has 0 aliphatic carbocycles. The topological polar surface area (TPSA) is 32.3 Å². The molecular weight excluding hydrogens is 200 g/mol. The molecule has 1 aliphatic rings. The predicted octanol–water partition coefficient (Wildman–Crippen LogP) is 2.37. The van der Waals surface area contributed by atoms with Crippen molar-refractivity contribution >= 4 is 5.91 Å². The number of hydrogen-bond donors (Lipinski definition) is 1. The summed E-state index contributed by atoms with van der Waals surface area (Å²) in [5.74, 6) is 0.753. The van der Waals surface area contributed by atoms with Crippen molar-refractivity contribution in [3.05, 3.63) is 0 Å². The first-order chi connectivity index (χ1) is 7.65. The molecule has 0 aromatic heterocycles. The molecule has 16 heavy (non-hydrogen) atoms. The van der Waals surface area contributed by atoms with Gasteiger partial charge in [-0.25, -0.2) is 0 Å². The molecule has 0 bridgehead atoms. The van der Waals surface area contributed by atoms with Crippen molar-refractivity contribution in [3.63, 3.8) is 0 Å². The van der Waals surface area contributed by atoms with Crippen molar-refractivity contribution in [2.75, 3.05) is 6.54 Å². The van der Waals surface area contributed by atoms with Crippen LogP contribution >= 0.6 is 0 Å². The van der Waals surface area contributed by atoms with E-state index in [1.165, 1.54) is 0 Å². The Morgan fingerprint density at radius 2 is 2.06 bits per heavy atom. The molecule has 94 valence electrons. The van der Waals surface area contributed by atoms with E-state index in [0.29, 0.717) is 11.8 Å². The second-order valence-corrected chi connectivity index (χ2v) is 4.84. The number of unbranched alkanes of at least 4 members (excludes halogenated alkanes) is 1. The molecule has 1 amide bonds. The van der Waals surface area contributed by atoms with Crippen LogP contribution in [0, 0.1) is 5.92 Å². The zero-order valence-electron chi connectivity index (χ0n) is 11.1. The fraction of sp³-hybridized carbons (Fsp3) is 0.923. The maximum atomic E-state index is 12.2. The van der Waals surface area contributed by atoms with Crippen LogP contribution in [0.15, 0.2) is 0 Å². The predicted molar refractivity (Wildman–Crippen MR) is 67.1 cm³/mol. The molecule has 1 rings (SSSR count). The van der Waals surface area contributed by atoms with Gasteiger partial charge in [-0.2, -0.15) is 0 Å². The Morgan fingerprint density at radius 3 is 2.56 bits per heavy atom. The number of nitrogens with zero attached hydrogens (tertiary/aromatic N) is 1. The van der Waals surface area contributed by atoms with Gasteiger partial charge in [0.2, 0.25) is 5.91 Å². The summed E-state index contributed by atoms with van der Waals surface area (Å²) in [7, 11) is 0. The second-order valence-electron chi connectivity index (χ2n) is 4.84. The molecule has 1 aliphatic heterocycles. The monoisotopic (exact) mass is 226 g/mol. The lowest BCUT2D eigenvalue weighted by atomic mass is 9.99. The summed E-state index contributed by atoms with van der Waals surface area (Å²) < 4.78 is 0. The highest BCUT2D eigenvalue weighted by molar-refractivity contribution is 5.84. The van der Waals surface area contributed by atoms with Gasteiger partial charge < -0.3 is 4.90 Å². The van der Waals surface area contributed by atoms with Gasteiger partial charge in [-0.1, -0.05) is 40.5 Å². The van der Waals surface area contributed by atoms with Crippen LogP contribution in [0.5, 0.6) is 0 Å². The van der Waals surface area contributed by atoms with Crippen LogP contribution in [-0.4, -0.2) is 29.6 Å². The van der Waals surface area contributed by atoms with Crippen molar-refractivity contribution in [1.82, 2.24) is 10.2 Å². The minimum Gasteiger partial charge on any atom is -0.326 e. The average molecular weight is 226 g/mol. The third-order valence-corrected chi connectivity index (χ3v) is 3.65. The molecule has 3 unspecified atom stereocenters. The van der Waals surface area contributed by atoms with Gasteiger partial charge in [-0.3, -0.25) is 10.1 Å². The first-order valence-corrected chi connectivity index (χ1v) is 6.72. The van der Waals surface area contributed by atoms with E-state index in [1.54, 1.807) is 0 Å². The Labute approximate surface area is 99.6 Å². The normalized spacial score (nSPS) is 27.5. The molecule has 1 saturated heterocycles. The molecule has 0 saturated carbocycles. The third-order valence-electron chi connectivity index (χ3n) is 3.65. The Bertz CT molecular complexity index is 230. The molecule has 3 nitrogen and oxygen atoms in total. The molecule has 0 spiro atoms. The quantitative estimate of drug-likeness (QED) is 0.754. The summed E-state index contributed by atoms with van der Waals surface area (Å²) in [6.45, 7) is 9.53. The summed E-state index contributed by atoms with van der Waals surface area (Å²) in [6.07, 6.45) is 4.58. The van der Waals surface area contributed by atoms with Crippen LogP contribution in [-0.2, 0) is 4.79 Å². The fourth-order valence-electron chi connectivity index (χ4n) is 2.28. The van der Waals surface area contributed by atoms with Crippen molar-refractivity contribution in [3.8, 4) is 0 Å². The Balaban J connectivity index is 2.65. The molecule has 0 aromatic rings. The zero-order valence-corrected chi connectivity index (χ0v) is 11.1. The van der Waals surface area contributed by atoms with Crippen LogP contribution < -0.4 is 5.32 Å². The largest absolute Gasteiger partial charge is 0.326 e. The number of nitrogens with one attached hydrogen (secondary N) is 1. The van der Waals surface area contributed by atoms with E-state index < -0.39 is 0 Å². The molecule has 3 atom stereocenters. The minimum atomic E-state index is 0.0480. The summed E-state index contributed by atoms with van der Waals surface area (Å²) in [6, 6.07) is 0.0480. The van der Waals surface area contributed by atoms with E-state index in [2.05, 4.69) is 33.0 Å². The summed E-state index contributed by atoms with van der Waals surface area (Å²) in [4.78, 5) is 14.3. The number of carbonyl (C=O) groups excluding carboxylic acids is 1. The van der Waals surface area contributed by atoms with Crippen molar-refractivity contribution in [2.45, 2.75) is 65.6 Å². The smallest absolute Gasteiger partial charge is 0.241 e. The van der Waals surface area contributed by atoms with Gasteiger partial charge in [0.05, 0.1) is 12.2 Å². The maximum Gasteiger partial charge on any atom is 0.241 e. The van der Waals surface area contributed by atoms with Crippen LogP contribution in [0.3, 0.4) is 0 Å². The Hall–Kier alpha value is -0.570. The van der Waals surface area contributed by atoms with Gasteiger partial charge in [0.1, 0.15) is 0 Å². The van der Waals surface area contributed by atoms with E-state index in [-0.39, 0.29) is 12.2 Å². The van der Waals surface area contributed by atoms with Crippen LogP contribution in [0.4, 0.5) is 0 Å². The summed E-state index contributed by atoms with van der Waals surface area (Å²) in [5.41, 5.74) is 0. The van der Waals surface area contributed by atoms with Gasteiger partial charge in [-0.15, -0.1) is 0 Å². The number of rotatable bonds is 6. The molecule has 0 aromatic carbocycles. The highest BCUT2D eigenvalue weighted by Gasteiger charge is 2.39. The van der Waals surface area contributed by atoms with E-state index in [4.69, 9.17) is 0 Å². The fourth-order valence-corrected chi connectivity index (χ4v) is 2.28. The van der Waals surface area contributed by atoms with Gasteiger partial charge in [0.15, 0.2) is 0 Å². The lowest BCUT2D eigenvalue weighted by molar-refractivity contribution is -0.131. The molecular formula is C13H26N2O. The first kappa shape index (κ1) is 13.5.